The molecule has 0 aliphatic carbocycles. The molecule has 1 aromatic carbocycles. The van der Waals surface area contributed by atoms with Crippen LogP contribution in [0.3, 0.4) is 0 Å². The number of nitrogens with one attached hydrogen (secondary N) is 1. The molecule has 1 atom stereocenters. The molecule has 0 aromatic heterocycles. The third-order valence-corrected chi connectivity index (χ3v) is 5.90. The zero-order valence-electron chi connectivity index (χ0n) is 15.3. The van der Waals surface area contributed by atoms with E-state index in [0.29, 0.717) is 31.3 Å². The van der Waals surface area contributed by atoms with E-state index in [1.165, 1.54) is 0 Å². The summed E-state index contributed by atoms with van der Waals surface area (Å²) in [4.78, 5) is 17.3. The number of carbonyl (C=O) groups excluding carboxylic acids is 1. The Kier molecular flexibility index (Phi) is 5.31. The van der Waals surface area contributed by atoms with Crippen molar-refractivity contribution < 1.29 is 4.79 Å². The highest BCUT2D eigenvalue weighted by Gasteiger charge is 2.36. The summed E-state index contributed by atoms with van der Waals surface area (Å²) >= 11 is 5.99. The highest BCUT2D eigenvalue weighted by atomic mass is 35.5. The largest absolute Gasteiger partial charge is 0.385 e. The SMILES string of the molecule is NC1=NN=C(N2CCC(N3CCNC(=O)[C@@H]3Cc3ccc(Cl)cc3)CC2)C1. The van der Waals surface area contributed by atoms with Gasteiger partial charge in [0.25, 0.3) is 0 Å². The topological polar surface area (TPSA) is 86.3 Å². The Morgan fingerprint density at radius 2 is 1.89 bits per heavy atom. The molecular weight excluding hydrogens is 364 g/mol. The van der Waals surface area contributed by atoms with E-state index >= 15 is 0 Å². The van der Waals surface area contributed by atoms with E-state index in [1.807, 2.05) is 24.3 Å². The van der Waals surface area contributed by atoms with Crippen molar-refractivity contribution in [2.45, 2.75) is 37.8 Å². The fourth-order valence-electron chi connectivity index (χ4n) is 4.21. The maximum Gasteiger partial charge on any atom is 0.237 e. The Morgan fingerprint density at radius 3 is 2.56 bits per heavy atom. The van der Waals surface area contributed by atoms with Gasteiger partial charge in [0.05, 0.1) is 12.5 Å². The first kappa shape index (κ1) is 18.3. The van der Waals surface area contributed by atoms with Gasteiger partial charge in [-0.05, 0) is 37.0 Å². The van der Waals surface area contributed by atoms with E-state index < -0.39 is 0 Å². The molecule has 27 heavy (non-hydrogen) atoms. The number of amidine groups is 2. The average Bonchev–Trinajstić information content (AvgIpc) is 3.12. The predicted molar refractivity (Wildman–Crippen MR) is 107 cm³/mol. The molecule has 3 aliphatic rings. The summed E-state index contributed by atoms with van der Waals surface area (Å²) in [6.45, 7) is 3.47. The van der Waals surface area contributed by atoms with Crippen LogP contribution in [0.1, 0.15) is 24.8 Å². The maximum absolute atomic E-state index is 12.6. The van der Waals surface area contributed by atoms with Gasteiger partial charge in [-0.3, -0.25) is 9.69 Å². The molecular formula is C19H25ClN6O. The van der Waals surface area contributed by atoms with Crippen LogP contribution < -0.4 is 11.1 Å². The molecule has 0 unspecified atom stereocenters. The molecule has 3 N–H and O–H groups in total. The third-order valence-electron chi connectivity index (χ3n) is 5.65. The number of hydrogen-bond acceptors (Lipinski definition) is 6. The van der Waals surface area contributed by atoms with Crippen molar-refractivity contribution in [3.63, 3.8) is 0 Å². The summed E-state index contributed by atoms with van der Waals surface area (Å²) < 4.78 is 0. The van der Waals surface area contributed by atoms with Crippen LogP contribution in [0, 0.1) is 0 Å². The molecule has 2 fully saturated rings. The van der Waals surface area contributed by atoms with Crippen LogP contribution in [0.4, 0.5) is 0 Å². The van der Waals surface area contributed by atoms with Crippen LogP contribution in [-0.4, -0.2) is 65.6 Å². The number of likely N-dealkylation sites (tertiary alicyclic amines) is 1. The average molecular weight is 389 g/mol. The van der Waals surface area contributed by atoms with Gasteiger partial charge in [0.15, 0.2) is 0 Å². The second-order valence-electron chi connectivity index (χ2n) is 7.38. The number of piperidine rings is 1. The van der Waals surface area contributed by atoms with Gasteiger partial charge in [0.1, 0.15) is 11.7 Å². The quantitative estimate of drug-likeness (QED) is 0.815. The second kappa shape index (κ2) is 7.86. The van der Waals surface area contributed by atoms with Crippen molar-refractivity contribution in [2.24, 2.45) is 15.9 Å². The first-order valence-corrected chi connectivity index (χ1v) is 9.89. The van der Waals surface area contributed by atoms with E-state index in [4.69, 9.17) is 17.3 Å². The lowest BCUT2D eigenvalue weighted by Gasteiger charge is -2.44. The number of halogens is 1. The highest BCUT2D eigenvalue weighted by molar-refractivity contribution is 6.30. The van der Waals surface area contributed by atoms with E-state index in [0.717, 1.165) is 48.9 Å². The molecule has 1 aromatic rings. The number of nitrogens with two attached hydrogens (primary N) is 1. The Hall–Kier alpha value is -2.12. The lowest BCUT2D eigenvalue weighted by atomic mass is 9.95. The Bertz CT molecular complexity index is 754. The molecule has 0 bridgehead atoms. The molecule has 3 aliphatic heterocycles. The molecule has 2 saturated heterocycles. The Morgan fingerprint density at radius 1 is 1.15 bits per heavy atom. The van der Waals surface area contributed by atoms with Gasteiger partial charge in [0.2, 0.25) is 5.91 Å². The smallest absolute Gasteiger partial charge is 0.237 e. The van der Waals surface area contributed by atoms with Crippen LogP contribution in [0.15, 0.2) is 34.5 Å². The van der Waals surface area contributed by atoms with Gasteiger partial charge < -0.3 is 16.0 Å². The molecule has 0 saturated carbocycles. The summed E-state index contributed by atoms with van der Waals surface area (Å²) in [5, 5.41) is 11.9. The van der Waals surface area contributed by atoms with Crippen molar-refractivity contribution in [2.75, 3.05) is 26.2 Å². The standard InChI is InChI=1S/C19H25ClN6O/c20-14-3-1-13(2-4-14)11-16-19(27)22-7-10-26(16)15-5-8-25(9-6-15)18-12-17(21)23-24-18/h1-4,15-16H,5-12H2,(H2,21,23)(H,22,27)/t16-/m0/s1. The van der Waals surface area contributed by atoms with E-state index in [9.17, 15) is 4.79 Å². The summed E-state index contributed by atoms with van der Waals surface area (Å²) in [6.07, 6.45) is 3.39. The van der Waals surface area contributed by atoms with Crippen LogP contribution in [-0.2, 0) is 11.2 Å². The summed E-state index contributed by atoms with van der Waals surface area (Å²) in [5.41, 5.74) is 6.88. The minimum atomic E-state index is -0.126. The first-order valence-electron chi connectivity index (χ1n) is 9.52. The molecule has 7 nitrogen and oxygen atoms in total. The van der Waals surface area contributed by atoms with Crippen LogP contribution >= 0.6 is 11.6 Å². The zero-order valence-corrected chi connectivity index (χ0v) is 16.0. The molecule has 4 rings (SSSR count). The van der Waals surface area contributed by atoms with Crippen molar-refractivity contribution in [1.29, 1.82) is 0 Å². The van der Waals surface area contributed by atoms with Crippen molar-refractivity contribution in [3.8, 4) is 0 Å². The number of nitrogens with zero attached hydrogens (tertiary/aromatic N) is 4. The molecule has 3 heterocycles. The molecule has 0 radical (unpaired) electrons. The summed E-state index contributed by atoms with van der Waals surface area (Å²) in [5.74, 6) is 1.68. The lowest BCUT2D eigenvalue weighted by molar-refractivity contribution is -0.130. The number of hydrogen-bond donors (Lipinski definition) is 2. The van der Waals surface area contributed by atoms with E-state index in [1.54, 1.807) is 0 Å². The van der Waals surface area contributed by atoms with Crippen molar-refractivity contribution >= 4 is 29.2 Å². The molecule has 8 heteroatoms. The van der Waals surface area contributed by atoms with Crippen molar-refractivity contribution in [1.82, 2.24) is 15.1 Å². The predicted octanol–water partition coefficient (Wildman–Crippen LogP) is 1.22. The fraction of sp³-hybridized carbons (Fsp3) is 0.526. The van der Waals surface area contributed by atoms with E-state index in [2.05, 4.69) is 25.3 Å². The zero-order chi connectivity index (χ0) is 18.8. The minimum absolute atomic E-state index is 0.125. The molecule has 144 valence electrons. The monoisotopic (exact) mass is 388 g/mol. The van der Waals surface area contributed by atoms with E-state index in [-0.39, 0.29) is 11.9 Å². The van der Waals surface area contributed by atoms with Gasteiger partial charge >= 0.3 is 0 Å². The number of carbonyl (C=O) groups is 1. The van der Waals surface area contributed by atoms with Crippen LogP contribution in [0.25, 0.3) is 0 Å². The highest BCUT2D eigenvalue weighted by Crippen LogP contribution is 2.24. The van der Waals surface area contributed by atoms with Gasteiger partial charge in [0, 0.05) is 37.2 Å². The third kappa shape index (κ3) is 4.09. The number of rotatable bonds is 3. The number of amides is 1. The lowest BCUT2D eigenvalue weighted by Crippen LogP contribution is -2.61. The van der Waals surface area contributed by atoms with Gasteiger partial charge in [-0.1, -0.05) is 23.7 Å². The van der Waals surface area contributed by atoms with Crippen LogP contribution in [0.5, 0.6) is 0 Å². The molecule has 0 spiro atoms. The van der Waals surface area contributed by atoms with Gasteiger partial charge in [-0.2, -0.15) is 0 Å². The second-order valence-corrected chi connectivity index (χ2v) is 7.81. The number of benzene rings is 1. The van der Waals surface area contributed by atoms with Crippen molar-refractivity contribution in [3.05, 3.63) is 34.9 Å². The van der Waals surface area contributed by atoms with Gasteiger partial charge in [-0.25, -0.2) is 0 Å². The van der Waals surface area contributed by atoms with Gasteiger partial charge in [-0.15, -0.1) is 10.2 Å². The number of piperazine rings is 1. The minimum Gasteiger partial charge on any atom is -0.385 e. The normalized spacial score (nSPS) is 24.6. The van der Waals surface area contributed by atoms with Crippen LogP contribution in [0.2, 0.25) is 5.02 Å². The summed E-state index contributed by atoms with van der Waals surface area (Å²) in [7, 11) is 0. The Balaban J connectivity index is 1.40. The summed E-state index contributed by atoms with van der Waals surface area (Å²) in [6, 6.07) is 8.07. The first-order chi connectivity index (χ1) is 13.1. The molecule has 1 amide bonds. The maximum atomic E-state index is 12.6. The Labute approximate surface area is 164 Å². The fourth-order valence-corrected chi connectivity index (χ4v) is 4.33.